The Hall–Kier alpha value is -1.25. The van der Waals surface area contributed by atoms with Gasteiger partial charge in [-0.3, -0.25) is 0 Å². The molecular weight excluding hydrogens is 252 g/mol. The minimum absolute atomic E-state index is 0.532. The lowest BCUT2D eigenvalue weighted by atomic mass is 9.93. The van der Waals surface area contributed by atoms with Gasteiger partial charge in [0, 0.05) is 0 Å². The summed E-state index contributed by atoms with van der Waals surface area (Å²) in [6.45, 7) is 2.11. The molecule has 0 saturated carbocycles. The van der Waals surface area contributed by atoms with Crippen molar-refractivity contribution in [2.75, 3.05) is 12.0 Å². The largest absolute Gasteiger partial charge is 0.384 e. The summed E-state index contributed by atoms with van der Waals surface area (Å²) < 4.78 is 0. The van der Waals surface area contributed by atoms with E-state index >= 15 is 0 Å². The number of aliphatic hydroxyl groups is 1. The maximum atomic E-state index is 10.5. The first kappa shape index (κ1) is 14.2. The van der Waals surface area contributed by atoms with Crippen LogP contribution < -0.4 is 0 Å². The highest BCUT2D eigenvalue weighted by Gasteiger charge is 2.14. The Kier molecular flexibility index (Phi) is 5.06. The van der Waals surface area contributed by atoms with Gasteiger partial charge in [0.2, 0.25) is 0 Å². The number of aryl methyl sites for hydroxylation is 1. The molecule has 0 heterocycles. The molecule has 2 aromatic carbocycles. The van der Waals surface area contributed by atoms with Crippen molar-refractivity contribution >= 4 is 11.8 Å². The molecule has 0 fully saturated rings. The molecule has 2 aromatic rings. The predicted octanol–water partition coefficient (Wildman–Crippen LogP) is 3.98. The second kappa shape index (κ2) is 6.78. The molecule has 19 heavy (non-hydrogen) atoms. The third kappa shape index (κ3) is 3.40. The van der Waals surface area contributed by atoms with Crippen LogP contribution in [-0.2, 0) is 6.42 Å². The fourth-order valence-corrected chi connectivity index (χ4v) is 2.72. The highest BCUT2D eigenvalue weighted by Crippen LogP contribution is 2.26. The first-order chi connectivity index (χ1) is 9.24. The molecule has 100 valence electrons. The van der Waals surface area contributed by atoms with E-state index in [-0.39, 0.29) is 0 Å². The molecule has 2 rings (SSSR count). The van der Waals surface area contributed by atoms with Crippen LogP contribution in [0, 0.1) is 6.92 Å². The molecule has 0 aromatic heterocycles. The van der Waals surface area contributed by atoms with E-state index in [2.05, 4.69) is 19.2 Å². The molecule has 0 bridgehead atoms. The first-order valence-corrected chi connectivity index (χ1v) is 7.93. The van der Waals surface area contributed by atoms with E-state index in [1.807, 2.05) is 54.2 Å². The van der Waals surface area contributed by atoms with E-state index in [1.54, 1.807) is 0 Å². The Balaban J connectivity index is 2.29. The molecule has 2 heteroatoms. The number of hydrogen-bond donors (Lipinski definition) is 1. The molecule has 0 aliphatic heterocycles. The zero-order chi connectivity index (χ0) is 13.7. The Morgan fingerprint density at radius 1 is 1.05 bits per heavy atom. The smallest absolute Gasteiger partial charge is 0.104 e. The van der Waals surface area contributed by atoms with Crippen molar-refractivity contribution in [1.82, 2.24) is 0 Å². The van der Waals surface area contributed by atoms with Crippen molar-refractivity contribution < 1.29 is 5.11 Å². The summed E-state index contributed by atoms with van der Waals surface area (Å²) >= 11 is 1.85. The lowest BCUT2D eigenvalue weighted by Crippen LogP contribution is -2.04. The molecule has 0 saturated heterocycles. The summed E-state index contributed by atoms with van der Waals surface area (Å²) in [5.74, 6) is 1.12. The van der Waals surface area contributed by atoms with Crippen molar-refractivity contribution in [3.63, 3.8) is 0 Å². The highest BCUT2D eigenvalue weighted by atomic mass is 32.2. The van der Waals surface area contributed by atoms with Gasteiger partial charge in [0.15, 0.2) is 0 Å². The van der Waals surface area contributed by atoms with Crippen molar-refractivity contribution in [3.8, 4) is 0 Å². The fourth-order valence-electron chi connectivity index (χ4n) is 2.30. The minimum atomic E-state index is -0.532. The Morgan fingerprint density at radius 2 is 1.79 bits per heavy atom. The van der Waals surface area contributed by atoms with Crippen molar-refractivity contribution in [2.24, 2.45) is 0 Å². The maximum absolute atomic E-state index is 10.5. The van der Waals surface area contributed by atoms with Crippen LogP contribution >= 0.6 is 11.8 Å². The number of rotatable bonds is 5. The van der Waals surface area contributed by atoms with E-state index in [0.29, 0.717) is 0 Å². The monoisotopic (exact) mass is 272 g/mol. The van der Waals surface area contributed by atoms with Gasteiger partial charge in [-0.1, -0.05) is 48.5 Å². The van der Waals surface area contributed by atoms with E-state index < -0.39 is 6.10 Å². The molecule has 0 aliphatic rings. The van der Waals surface area contributed by atoms with Gasteiger partial charge in [0.05, 0.1) is 0 Å². The Labute approximate surface area is 119 Å². The van der Waals surface area contributed by atoms with Gasteiger partial charge >= 0.3 is 0 Å². The van der Waals surface area contributed by atoms with Crippen molar-refractivity contribution in [3.05, 3.63) is 70.8 Å². The minimum Gasteiger partial charge on any atom is -0.384 e. The maximum Gasteiger partial charge on any atom is 0.104 e. The van der Waals surface area contributed by atoms with Gasteiger partial charge in [-0.15, -0.1) is 0 Å². The van der Waals surface area contributed by atoms with Crippen LogP contribution in [-0.4, -0.2) is 17.1 Å². The third-order valence-electron chi connectivity index (χ3n) is 3.47. The van der Waals surface area contributed by atoms with Gasteiger partial charge in [-0.2, -0.15) is 11.8 Å². The van der Waals surface area contributed by atoms with Crippen LogP contribution in [0.4, 0.5) is 0 Å². The van der Waals surface area contributed by atoms with Gasteiger partial charge < -0.3 is 5.11 Å². The van der Waals surface area contributed by atoms with Crippen LogP contribution in [0.2, 0.25) is 0 Å². The van der Waals surface area contributed by atoms with Gasteiger partial charge in [0.25, 0.3) is 0 Å². The molecule has 1 N–H and O–H groups in total. The average Bonchev–Trinajstić information content (AvgIpc) is 2.46. The van der Waals surface area contributed by atoms with E-state index in [0.717, 1.165) is 23.3 Å². The second-order valence-electron chi connectivity index (χ2n) is 4.69. The first-order valence-electron chi connectivity index (χ1n) is 6.54. The zero-order valence-electron chi connectivity index (χ0n) is 11.5. The normalized spacial score (nSPS) is 12.4. The third-order valence-corrected chi connectivity index (χ3v) is 4.09. The summed E-state index contributed by atoms with van der Waals surface area (Å²) in [7, 11) is 0. The summed E-state index contributed by atoms with van der Waals surface area (Å²) in [6.07, 6.45) is 2.65. The van der Waals surface area contributed by atoms with Crippen molar-refractivity contribution in [2.45, 2.75) is 19.4 Å². The fraction of sp³-hybridized carbons (Fsp3) is 0.294. The quantitative estimate of drug-likeness (QED) is 0.888. The van der Waals surface area contributed by atoms with Crippen LogP contribution in [0.5, 0.6) is 0 Å². The van der Waals surface area contributed by atoms with Gasteiger partial charge in [0.1, 0.15) is 6.10 Å². The SMILES string of the molecule is CSCCc1cccc(C(O)c2ccccc2)c1C. The highest BCUT2D eigenvalue weighted by molar-refractivity contribution is 7.98. The van der Waals surface area contributed by atoms with E-state index in [4.69, 9.17) is 0 Å². The van der Waals surface area contributed by atoms with Crippen LogP contribution in [0.15, 0.2) is 48.5 Å². The number of hydrogen-bond acceptors (Lipinski definition) is 2. The lowest BCUT2D eigenvalue weighted by Gasteiger charge is -2.17. The standard InChI is InChI=1S/C17H20OS/c1-13-14(11-12-19-2)9-6-10-16(13)17(18)15-7-4-3-5-8-15/h3-10,17-18H,11-12H2,1-2H3. The van der Waals surface area contributed by atoms with Crippen LogP contribution in [0.1, 0.15) is 28.4 Å². The predicted molar refractivity (Wildman–Crippen MR) is 83.8 cm³/mol. The molecule has 0 spiro atoms. The van der Waals surface area contributed by atoms with Gasteiger partial charge in [-0.25, -0.2) is 0 Å². The summed E-state index contributed by atoms with van der Waals surface area (Å²) in [5.41, 5.74) is 4.52. The molecule has 0 amide bonds. The molecule has 0 radical (unpaired) electrons. The zero-order valence-corrected chi connectivity index (χ0v) is 12.3. The molecule has 1 nitrogen and oxygen atoms in total. The second-order valence-corrected chi connectivity index (χ2v) is 5.67. The van der Waals surface area contributed by atoms with E-state index in [9.17, 15) is 5.11 Å². The average molecular weight is 272 g/mol. The Morgan fingerprint density at radius 3 is 2.47 bits per heavy atom. The summed E-state index contributed by atoms with van der Waals surface area (Å²) in [5, 5.41) is 10.5. The van der Waals surface area contributed by atoms with Crippen LogP contribution in [0.3, 0.4) is 0 Å². The van der Waals surface area contributed by atoms with Crippen LogP contribution in [0.25, 0.3) is 0 Å². The van der Waals surface area contributed by atoms with E-state index in [1.165, 1.54) is 11.1 Å². The lowest BCUT2D eigenvalue weighted by molar-refractivity contribution is 0.219. The van der Waals surface area contributed by atoms with Gasteiger partial charge in [-0.05, 0) is 47.6 Å². The summed E-state index contributed by atoms with van der Waals surface area (Å²) in [4.78, 5) is 0. The topological polar surface area (TPSA) is 20.2 Å². The number of benzene rings is 2. The number of thioether (sulfide) groups is 1. The molecular formula is C17H20OS. The van der Waals surface area contributed by atoms with Crippen molar-refractivity contribution in [1.29, 1.82) is 0 Å². The molecule has 0 aliphatic carbocycles. The molecule has 1 unspecified atom stereocenters. The Bertz CT molecular complexity index is 522. The number of aliphatic hydroxyl groups excluding tert-OH is 1. The molecule has 1 atom stereocenters. The summed E-state index contributed by atoms with van der Waals surface area (Å²) in [6, 6.07) is 16.1.